The summed E-state index contributed by atoms with van der Waals surface area (Å²) in [7, 11) is 0. The van der Waals surface area contributed by atoms with Gasteiger partial charge in [0.15, 0.2) is 0 Å². The minimum Gasteiger partial charge on any atom is -0.333 e. The fourth-order valence-electron chi connectivity index (χ4n) is 3.07. The molecule has 1 heterocycles. The van der Waals surface area contributed by atoms with Gasteiger partial charge in [-0.2, -0.15) is 0 Å². The maximum absolute atomic E-state index is 13.5. The fraction of sp³-hybridized carbons (Fsp3) is 0.278. The molecule has 1 aliphatic heterocycles. The molecule has 1 aliphatic rings. The minimum atomic E-state index is -0.478. The molecule has 1 fully saturated rings. The molecular weight excluding hydrogens is 361 g/mol. The van der Waals surface area contributed by atoms with Gasteiger partial charge in [-0.1, -0.05) is 24.3 Å². The smallest absolute Gasteiger partial charge is 0.269 e. The molecule has 138 valence electrons. The number of amides is 1. The summed E-state index contributed by atoms with van der Waals surface area (Å²) in [6.07, 6.45) is 0.0769. The lowest BCUT2D eigenvalue weighted by molar-refractivity contribution is -0.384. The largest absolute Gasteiger partial charge is 0.333 e. The fourth-order valence-corrected chi connectivity index (χ4v) is 3.07. The van der Waals surface area contributed by atoms with Gasteiger partial charge in [-0.05, 0) is 23.3 Å². The molecule has 1 amide bonds. The highest BCUT2D eigenvalue weighted by Crippen LogP contribution is 2.24. The average molecular weight is 380 g/mol. The third-order valence-corrected chi connectivity index (χ3v) is 4.27. The van der Waals surface area contributed by atoms with Crippen LogP contribution in [-0.4, -0.2) is 35.4 Å². The molecule has 2 aromatic carbocycles. The monoisotopic (exact) mass is 379 g/mol. The van der Waals surface area contributed by atoms with Crippen molar-refractivity contribution in [1.29, 1.82) is 0 Å². The van der Waals surface area contributed by atoms with E-state index in [0.717, 1.165) is 5.56 Å². The Morgan fingerprint density at radius 3 is 2.77 bits per heavy atom. The molecule has 3 rings (SSSR count). The number of piperazine rings is 1. The van der Waals surface area contributed by atoms with Crippen LogP contribution in [0, 0.1) is 15.9 Å². The number of carbonyl (C=O) groups is 1. The summed E-state index contributed by atoms with van der Waals surface area (Å²) in [5.74, 6) is -0.467. The van der Waals surface area contributed by atoms with Crippen LogP contribution < -0.4 is 5.32 Å². The van der Waals surface area contributed by atoms with Crippen LogP contribution in [0.2, 0.25) is 0 Å². The summed E-state index contributed by atoms with van der Waals surface area (Å²) in [6, 6.07) is 12.1. The van der Waals surface area contributed by atoms with Crippen LogP contribution in [0.3, 0.4) is 0 Å². The third kappa shape index (κ3) is 4.56. The Morgan fingerprint density at radius 1 is 1.27 bits per heavy atom. The van der Waals surface area contributed by atoms with Crippen LogP contribution in [0.15, 0.2) is 48.5 Å². The third-order valence-electron chi connectivity index (χ3n) is 4.27. The van der Waals surface area contributed by atoms with Gasteiger partial charge >= 0.3 is 0 Å². The molecule has 8 heteroatoms. The number of halogens is 2. The number of benzene rings is 2. The topological polar surface area (TPSA) is 75.5 Å². The van der Waals surface area contributed by atoms with Gasteiger partial charge in [-0.3, -0.25) is 14.9 Å². The maximum Gasteiger partial charge on any atom is 0.269 e. The van der Waals surface area contributed by atoms with E-state index in [1.165, 1.54) is 24.3 Å². The first-order chi connectivity index (χ1) is 12.0. The average Bonchev–Trinajstić information content (AvgIpc) is 2.62. The highest BCUT2D eigenvalue weighted by molar-refractivity contribution is 5.85. The maximum atomic E-state index is 13.5. The van der Waals surface area contributed by atoms with E-state index in [-0.39, 0.29) is 42.3 Å². The van der Waals surface area contributed by atoms with E-state index < -0.39 is 4.92 Å². The first-order valence-corrected chi connectivity index (χ1v) is 8.03. The molecule has 0 spiro atoms. The number of hydrogen-bond acceptors (Lipinski definition) is 4. The second-order valence-corrected chi connectivity index (χ2v) is 5.97. The quantitative estimate of drug-likeness (QED) is 0.654. The molecule has 0 aliphatic carbocycles. The molecule has 0 saturated carbocycles. The molecular formula is C18H19ClFN3O3. The number of hydrogen-bond donors (Lipinski definition) is 1. The summed E-state index contributed by atoms with van der Waals surface area (Å²) >= 11 is 0. The van der Waals surface area contributed by atoms with Gasteiger partial charge in [0.05, 0.1) is 17.4 Å². The Bertz CT molecular complexity index is 803. The number of nitrogens with one attached hydrogen (secondary N) is 1. The zero-order chi connectivity index (χ0) is 17.8. The van der Waals surface area contributed by atoms with Crippen molar-refractivity contribution in [2.75, 3.05) is 19.6 Å². The van der Waals surface area contributed by atoms with E-state index >= 15 is 0 Å². The molecule has 6 nitrogen and oxygen atoms in total. The number of rotatable bonds is 4. The molecule has 2 aromatic rings. The van der Waals surface area contributed by atoms with Gasteiger partial charge in [0, 0.05) is 31.8 Å². The highest BCUT2D eigenvalue weighted by Gasteiger charge is 2.28. The second-order valence-electron chi connectivity index (χ2n) is 5.97. The summed E-state index contributed by atoms with van der Waals surface area (Å²) in [5.41, 5.74) is 1.29. The first kappa shape index (κ1) is 19.8. The molecule has 26 heavy (non-hydrogen) atoms. The predicted molar refractivity (Wildman–Crippen MR) is 97.8 cm³/mol. The van der Waals surface area contributed by atoms with E-state index in [1.807, 2.05) is 0 Å². The zero-order valence-electron chi connectivity index (χ0n) is 13.9. The highest BCUT2D eigenvalue weighted by atomic mass is 35.5. The van der Waals surface area contributed by atoms with Gasteiger partial charge in [-0.15, -0.1) is 12.4 Å². The predicted octanol–water partition coefficient (Wildman–Crippen LogP) is 2.87. The Morgan fingerprint density at radius 2 is 2.04 bits per heavy atom. The van der Waals surface area contributed by atoms with Gasteiger partial charge in [0.2, 0.25) is 5.91 Å². The molecule has 0 aromatic heterocycles. The minimum absolute atomic E-state index is 0. The molecule has 1 N–H and O–H groups in total. The van der Waals surface area contributed by atoms with Crippen LogP contribution >= 0.6 is 12.4 Å². The van der Waals surface area contributed by atoms with Crippen molar-refractivity contribution in [2.24, 2.45) is 0 Å². The second kappa shape index (κ2) is 8.73. The van der Waals surface area contributed by atoms with Gasteiger partial charge < -0.3 is 10.2 Å². The summed E-state index contributed by atoms with van der Waals surface area (Å²) < 4.78 is 13.5. The lowest BCUT2D eigenvalue weighted by Gasteiger charge is -2.36. The standard InChI is InChI=1S/C18H18FN3O3.ClH/c19-15-5-2-4-14(11-15)17-12-20-7-8-21(17)18(23)10-13-3-1-6-16(9-13)22(24)25;/h1-6,9,11,17,20H,7-8,10,12H2;1H. The van der Waals surface area contributed by atoms with Crippen LogP contribution in [0.5, 0.6) is 0 Å². The van der Waals surface area contributed by atoms with E-state index in [4.69, 9.17) is 0 Å². The van der Waals surface area contributed by atoms with E-state index in [0.29, 0.717) is 25.2 Å². The molecule has 0 bridgehead atoms. The van der Waals surface area contributed by atoms with Crippen molar-refractivity contribution in [1.82, 2.24) is 10.2 Å². The number of non-ortho nitro benzene ring substituents is 1. The normalized spacial score (nSPS) is 16.7. The summed E-state index contributed by atoms with van der Waals surface area (Å²) in [6.45, 7) is 1.71. The van der Waals surface area contributed by atoms with E-state index in [2.05, 4.69) is 5.32 Å². The van der Waals surface area contributed by atoms with Crippen molar-refractivity contribution in [3.8, 4) is 0 Å². The molecule has 0 radical (unpaired) electrons. The van der Waals surface area contributed by atoms with Crippen LogP contribution in [-0.2, 0) is 11.2 Å². The number of carbonyl (C=O) groups excluding carboxylic acids is 1. The number of nitro groups is 1. The molecule has 1 atom stereocenters. The van der Waals surface area contributed by atoms with Gasteiger partial charge in [0.25, 0.3) is 5.69 Å². The zero-order valence-corrected chi connectivity index (χ0v) is 14.7. The van der Waals surface area contributed by atoms with E-state index in [1.54, 1.807) is 29.2 Å². The summed E-state index contributed by atoms with van der Waals surface area (Å²) in [4.78, 5) is 24.9. The van der Waals surface area contributed by atoms with Gasteiger partial charge in [0.1, 0.15) is 5.82 Å². The van der Waals surface area contributed by atoms with Crippen LogP contribution in [0.4, 0.5) is 10.1 Å². The Kier molecular flexibility index (Phi) is 6.65. The lowest BCUT2D eigenvalue weighted by Crippen LogP contribution is -2.49. The Hall–Kier alpha value is -2.51. The SMILES string of the molecule is Cl.O=C(Cc1cccc([N+](=O)[O-])c1)N1CCNCC1c1cccc(F)c1. The number of nitrogens with zero attached hydrogens (tertiary/aromatic N) is 2. The summed E-state index contributed by atoms with van der Waals surface area (Å²) in [5, 5.41) is 14.1. The Labute approximate surface area is 156 Å². The van der Waals surface area contributed by atoms with Crippen molar-refractivity contribution >= 4 is 24.0 Å². The Balaban J connectivity index is 0.00000243. The van der Waals surface area contributed by atoms with Gasteiger partial charge in [-0.25, -0.2) is 4.39 Å². The molecule has 1 saturated heterocycles. The molecule has 1 unspecified atom stereocenters. The van der Waals surface area contributed by atoms with Crippen molar-refractivity contribution in [2.45, 2.75) is 12.5 Å². The van der Waals surface area contributed by atoms with Crippen LogP contribution in [0.25, 0.3) is 0 Å². The van der Waals surface area contributed by atoms with Crippen molar-refractivity contribution in [3.63, 3.8) is 0 Å². The van der Waals surface area contributed by atoms with Crippen molar-refractivity contribution < 1.29 is 14.1 Å². The van der Waals surface area contributed by atoms with Crippen molar-refractivity contribution in [3.05, 3.63) is 75.6 Å². The lowest BCUT2D eigenvalue weighted by atomic mass is 10.0. The number of nitro benzene ring substituents is 1. The first-order valence-electron chi connectivity index (χ1n) is 8.03. The van der Waals surface area contributed by atoms with E-state index in [9.17, 15) is 19.3 Å². The van der Waals surface area contributed by atoms with Crippen LogP contribution in [0.1, 0.15) is 17.2 Å².